The van der Waals surface area contributed by atoms with Crippen molar-refractivity contribution in [1.82, 2.24) is 0 Å². The van der Waals surface area contributed by atoms with Gasteiger partial charge >= 0.3 is 0 Å². The fourth-order valence-corrected chi connectivity index (χ4v) is 11.3. The second-order valence-electron chi connectivity index (χ2n) is 15.5. The fraction of sp³-hybridized carbons (Fsp3) is 0.935. The zero-order valence-electron chi connectivity index (χ0n) is 22.3. The maximum Gasteiger partial charge on any atom is -0.0177 e. The highest BCUT2D eigenvalue weighted by Crippen LogP contribution is 2.78. The maximum atomic E-state index is 4.51. The molecule has 5 aliphatic carbocycles. The first-order chi connectivity index (χ1) is 14.2. The third-order valence-electron chi connectivity index (χ3n) is 13.9. The van der Waals surface area contributed by atoms with Gasteiger partial charge in [0, 0.05) is 0 Å². The summed E-state index contributed by atoms with van der Waals surface area (Å²) in [5.41, 5.74) is 4.75. The molecule has 0 heterocycles. The van der Waals surface area contributed by atoms with Crippen LogP contribution in [0.3, 0.4) is 0 Å². The lowest BCUT2D eigenvalue weighted by molar-refractivity contribution is -0.255. The Labute approximate surface area is 194 Å². The summed E-state index contributed by atoms with van der Waals surface area (Å²) < 4.78 is 0. The molecule has 0 bridgehead atoms. The lowest BCUT2D eigenvalue weighted by Gasteiger charge is -2.75. The molecule has 0 heteroatoms. The van der Waals surface area contributed by atoms with Gasteiger partial charge in [0.15, 0.2) is 0 Å². The Hall–Kier alpha value is -0.260. The van der Waals surface area contributed by atoms with Crippen molar-refractivity contribution in [3.05, 3.63) is 12.2 Å². The normalized spacial score (nSPS) is 58.5. The Balaban J connectivity index is 1.55. The van der Waals surface area contributed by atoms with Crippen LogP contribution < -0.4 is 0 Å². The van der Waals surface area contributed by atoms with E-state index in [1.54, 1.807) is 5.57 Å². The Morgan fingerprint density at radius 3 is 1.97 bits per heavy atom. The quantitative estimate of drug-likeness (QED) is 0.340. The number of hydrogen-bond donors (Lipinski definition) is 0. The van der Waals surface area contributed by atoms with E-state index in [9.17, 15) is 0 Å². The second kappa shape index (κ2) is 6.44. The number of rotatable bonds is 0. The predicted octanol–water partition coefficient (Wildman–Crippen LogP) is 9.44. The minimum Gasteiger partial charge on any atom is -0.0996 e. The van der Waals surface area contributed by atoms with Crippen molar-refractivity contribution in [2.45, 2.75) is 126 Å². The van der Waals surface area contributed by atoms with Crippen molar-refractivity contribution in [1.29, 1.82) is 0 Å². The zero-order chi connectivity index (χ0) is 22.7. The highest BCUT2D eigenvalue weighted by atomic mass is 14.7. The average Bonchev–Trinajstić information content (AvgIpc) is 2.69. The van der Waals surface area contributed by atoms with E-state index >= 15 is 0 Å². The van der Waals surface area contributed by atoms with Gasteiger partial charge in [-0.25, -0.2) is 0 Å². The molecule has 0 amide bonds. The Kier molecular flexibility index (Phi) is 4.68. The summed E-state index contributed by atoms with van der Waals surface area (Å²) in [7, 11) is 0. The smallest absolute Gasteiger partial charge is 0.0177 e. The van der Waals surface area contributed by atoms with E-state index in [4.69, 9.17) is 0 Å². The van der Waals surface area contributed by atoms with E-state index in [0.717, 1.165) is 17.8 Å². The summed E-state index contributed by atoms with van der Waals surface area (Å²) >= 11 is 0. The van der Waals surface area contributed by atoms with Gasteiger partial charge in [-0.05, 0) is 127 Å². The van der Waals surface area contributed by atoms with Crippen LogP contribution in [0.25, 0.3) is 0 Å². The SMILES string of the molecule is C=C1CC[C@@H]2[C@](C)(CC[C@H]3[C@@]2(C)CC[C@@]2(C)[C@@H]4CC(C)(C)CC[C@]4(C)CC[C@]32C)[C@H]1C. The number of fused-ring (bicyclic) bond motifs is 7. The van der Waals surface area contributed by atoms with Crippen LogP contribution in [0.5, 0.6) is 0 Å². The third-order valence-corrected chi connectivity index (χ3v) is 13.9. The molecule has 0 aliphatic heterocycles. The first-order valence-electron chi connectivity index (χ1n) is 13.9. The fourth-order valence-electron chi connectivity index (χ4n) is 11.3. The van der Waals surface area contributed by atoms with Crippen LogP contribution in [-0.4, -0.2) is 0 Å². The van der Waals surface area contributed by atoms with E-state index in [1.165, 1.54) is 70.6 Å². The monoisotopic (exact) mass is 424 g/mol. The van der Waals surface area contributed by atoms with Crippen molar-refractivity contribution in [3.8, 4) is 0 Å². The molecular formula is C31H52. The number of hydrogen-bond acceptors (Lipinski definition) is 0. The van der Waals surface area contributed by atoms with Gasteiger partial charge in [0.2, 0.25) is 0 Å². The minimum absolute atomic E-state index is 0.487. The summed E-state index contributed by atoms with van der Waals surface area (Å²) in [6.07, 6.45) is 15.9. The maximum absolute atomic E-state index is 4.51. The van der Waals surface area contributed by atoms with Crippen molar-refractivity contribution < 1.29 is 0 Å². The molecule has 0 aromatic heterocycles. The molecule has 5 aliphatic rings. The predicted molar refractivity (Wildman–Crippen MR) is 134 cm³/mol. The van der Waals surface area contributed by atoms with Crippen molar-refractivity contribution in [2.24, 2.45) is 56.2 Å². The zero-order valence-corrected chi connectivity index (χ0v) is 22.3. The summed E-state index contributed by atoms with van der Waals surface area (Å²) in [6.45, 7) is 25.9. The summed E-state index contributed by atoms with van der Waals surface area (Å²) in [4.78, 5) is 0. The van der Waals surface area contributed by atoms with E-state index in [-0.39, 0.29) is 0 Å². The lowest BCUT2D eigenvalue weighted by atomic mass is 9.30. The van der Waals surface area contributed by atoms with E-state index in [0.29, 0.717) is 38.4 Å². The molecular weight excluding hydrogens is 372 g/mol. The molecule has 0 saturated heterocycles. The molecule has 9 atom stereocenters. The van der Waals surface area contributed by atoms with Gasteiger partial charge in [-0.3, -0.25) is 0 Å². The minimum atomic E-state index is 0.487. The van der Waals surface area contributed by atoms with Gasteiger partial charge in [-0.15, -0.1) is 0 Å². The Morgan fingerprint density at radius 1 is 0.645 bits per heavy atom. The van der Waals surface area contributed by atoms with Gasteiger partial charge < -0.3 is 0 Å². The van der Waals surface area contributed by atoms with Gasteiger partial charge in [0.05, 0.1) is 0 Å². The van der Waals surface area contributed by atoms with E-state index in [1.807, 2.05) is 0 Å². The van der Waals surface area contributed by atoms with Crippen LogP contribution >= 0.6 is 0 Å². The largest absolute Gasteiger partial charge is 0.0996 e. The van der Waals surface area contributed by atoms with Gasteiger partial charge in [0.1, 0.15) is 0 Å². The molecule has 5 saturated carbocycles. The average molecular weight is 425 g/mol. The number of allylic oxidation sites excluding steroid dienone is 1. The molecule has 0 aromatic rings. The molecule has 0 nitrogen and oxygen atoms in total. The van der Waals surface area contributed by atoms with Gasteiger partial charge in [-0.1, -0.05) is 67.5 Å². The third kappa shape index (κ3) is 2.72. The second-order valence-corrected chi connectivity index (χ2v) is 15.5. The molecule has 5 fully saturated rings. The molecule has 0 spiro atoms. The van der Waals surface area contributed by atoms with Crippen LogP contribution in [0.2, 0.25) is 0 Å². The first kappa shape index (κ1) is 22.5. The summed E-state index contributed by atoms with van der Waals surface area (Å²) in [5, 5.41) is 0. The molecule has 0 radical (unpaired) electrons. The lowest BCUT2D eigenvalue weighted by Crippen LogP contribution is -2.67. The molecule has 0 N–H and O–H groups in total. The molecule has 176 valence electrons. The van der Waals surface area contributed by atoms with E-state index in [2.05, 4.69) is 62.0 Å². The summed E-state index contributed by atoms with van der Waals surface area (Å²) in [5.74, 6) is 3.45. The Bertz CT molecular complexity index is 775. The van der Waals surface area contributed by atoms with Crippen molar-refractivity contribution in [3.63, 3.8) is 0 Å². The van der Waals surface area contributed by atoms with E-state index < -0.39 is 0 Å². The molecule has 5 rings (SSSR count). The molecule has 0 unspecified atom stereocenters. The van der Waals surface area contributed by atoms with Crippen molar-refractivity contribution in [2.75, 3.05) is 0 Å². The van der Waals surface area contributed by atoms with Gasteiger partial charge in [0.25, 0.3) is 0 Å². The van der Waals surface area contributed by atoms with Crippen LogP contribution in [0.1, 0.15) is 126 Å². The van der Waals surface area contributed by atoms with Crippen LogP contribution in [0.15, 0.2) is 12.2 Å². The van der Waals surface area contributed by atoms with Gasteiger partial charge in [-0.2, -0.15) is 0 Å². The highest BCUT2D eigenvalue weighted by Gasteiger charge is 2.70. The van der Waals surface area contributed by atoms with Crippen LogP contribution in [0.4, 0.5) is 0 Å². The van der Waals surface area contributed by atoms with Crippen molar-refractivity contribution >= 4 is 0 Å². The highest BCUT2D eigenvalue weighted by molar-refractivity contribution is 5.22. The standard InChI is InChI=1S/C31H52/c1-21-10-11-23-28(6,22(21)2)13-12-24-29(23,7)17-19-31(9)25-20-26(3,4)14-15-27(25,5)16-18-30(24,31)8/h22-25H,1,10-20H2,2-9H3/t22-,23+,24-,25+,27+,28+,29-,30+,31-/m0/s1. The topological polar surface area (TPSA) is 0 Å². The molecule has 31 heavy (non-hydrogen) atoms. The molecule has 0 aromatic carbocycles. The Morgan fingerprint density at radius 2 is 1.26 bits per heavy atom. The first-order valence-corrected chi connectivity index (χ1v) is 13.9. The summed E-state index contributed by atoms with van der Waals surface area (Å²) in [6, 6.07) is 0. The van der Waals surface area contributed by atoms with Crippen LogP contribution in [0, 0.1) is 56.2 Å². The van der Waals surface area contributed by atoms with Crippen LogP contribution in [-0.2, 0) is 0 Å².